The van der Waals surface area contributed by atoms with Gasteiger partial charge in [0.2, 0.25) is 5.91 Å². The van der Waals surface area contributed by atoms with Crippen LogP contribution in [0.4, 0.5) is 10.1 Å². The van der Waals surface area contributed by atoms with E-state index in [2.05, 4.69) is 10.6 Å². The molecule has 0 aromatic heterocycles. The molecule has 1 amide bonds. The van der Waals surface area contributed by atoms with Gasteiger partial charge in [-0.25, -0.2) is 4.39 Å². The quantitative estimate of drug-likeness (QED) is 0.859. The molecule has 2 N–H and O–H groups in total. The second-order valence-electron chi connectivity index (χ2n) is 4.49. The summed E-state index contributed by atoms with van der Waals surface area (Å²) in [6, 6.07) is 13.4. The van der Waals surface area contributed by atoms with Crippen LogP contribution in [-0.4, -0.2) is 19.6 Å². The Morgan fingerprint density at radius 2 is 1.76 bits per heavy atom. The highest BCUT2D eigenvalue weighted by molar-refractivity contribution is 5.80. The first-order valence-electron chi connectivity index (χ1n) is 6.56. The van der Waals surface area contributed by atoms with Gasteiger partial charge >= 0.3 is 0 Å². The second kappa shape index (κ2) is 7.28. The number of ether oxygens (including phenoxy) is 1. The molecular formula is C16H17FN2O2. The van der Waals surface area contributed by atoms with E-state index in [0.717, 1.165) is 11.3 Å². The van der Waals surface area contributed by atoms with Crippen LogP contribution in [-0.2, 0) is 11.3 Å². The minimum absolute atomic E-state index is 0.129. The van der Waals surface area contributed by atoms with Gasteiger partial charge in [0.15, 0.2) is 0 Å². The van der Waals surface area contributed by atoms with Crippen LogP contribution in [0.15, 0.2) is 48.5 Å². The normalized spacial score (nSPS) is 10.0. The number of amides is 1. The summed E-state index contributed by atoms with van der Waals surface area (Å²) in [5, 5.41) is 5.73. The lowest BCUT2D eigenvalue weighted by Gasteiger charge is -2.08. The number of benzene rings is 2. The molecule has 0 bridgehead atoms. The van der Waals surface area contributed by atoms with Gasteiger partial charge in [-0.15, -0.1) is 0 Å². The van der Waals surface area contributed by atoms with E-state index in [1.165, 1.54) is 12.1 Å². The van der Waals surface area contributed by atoms with Crippen LogP contribution >= 0.6 is 0 Å². The van der Waals surface area contributed by atoms with Crippen LogP contribution in [0.1, 0.15) is 5.56 Å². The molecule has 0 spiro atoms. The van der Waals surface area contributed by atoms with Crippen LogP contribution in [0.3, 0.4) is 0 Å². The van der Waals surface area contributed by atoms with E-state index in [1.807, 2.05) is 24.3 Å². The Labute approximate surface area is 122 Å². The van der Waals surface area contributed by atoms with Gasteiger partial charge in [-0.1, -0.05) is 12.1 Å². The lowest BCUT2D eigenvalue weighted by molar-refractivity contribution is -0.119. The summed E-state index contributed by atoms with van der Waals surface area (Å²) in [5.74, 6) is 0.350. The van der Waals surface area contributed by atoms with Crippen molar-refractivity contribution in [2.45, 2.75) is 6.54 Å². The summed E-state index contributed by atoms with van der Waals surface area (Å²) in [6.07, 6.45) is 0. The number of nitrogens with one attached hydrogen (secondary N) is 2. The molecule has 110 valence electrons. The predicted molar refractivity (Wildman–Crippen MR) is 79.7 cm³/mol. The van der Waals surface area contributed by atoms with Gasteiger partial charge in [0.1, 0.15) is 11.6 Å². The summed E-state index contributed by atoms with van der Waals surface area (Å²) in [4.78, 5) is 11.7. The van der Waals surface area contributed by atoms with Gasteiger partial charge in [-0.2, -0.15) is 0 Å². The summed E-state index contributed by atoms with van der Waals surface area (Å²) in [5.41, 5.74) is 1.70. The Kier molecular flexibility index (Phi) is 5.15. The highest BCUT2D eigenvalue weighted by atomic mass is 19.1. The van der Waals surface area contributed by atoms with E-state index in [0.29, 0.717) is 12.2 Å². The lowest BCUT2D eigenvalue weighted by atomic mass is 10.2. The van der Waals surface area contributed by atoms with Crippen LogP contribution in [0, 0.1) is 5.82 Å². The fourth-order valence-corrected chi connectivity index (χ4v) is 1.76. The standard InChI is InChI=1S/C16H17FN2O2/c1-21-15-8-2-12(3-9-15)10-19-16(20)11-18-14-6-4-13(17)5-7-14/h2-9,18H,10-11H2,1H3,(H,19,20). The molecule has 4 nitrogen and oxygen atoms in total. The van der Waals surface area contributed by atoms with Crippen molar-refractivity contribution in [3.8, 4) is 5.75 Å². The Balaban J connectivity index is 1.75. The number of carbonyl (C=O) groups is 1. The molecule has 0 radical (unpaired) electrons. The zero-order valence-corrected chi connectivity index (χ0v) is 11.7. The number of hydrogen-bond donors (Lipinski definition) is 2. The Hall–Kier alpha value is -2.56. The fourth-order valence-electron chi connectivity index (χ4n) is 1.76. The summed E-state index contributed by atoms with van der Waals surface area (Å²) < 4.78 is 17.8. The Morgan fingerprint density at radius 3 is 2.38 bits per heavy atom. The summed E-state index contributed by atoms with van der Waals surface area (Å²) in [6.45, 7) is 0.593. The molecule has 2 aromatic carbocycles. The van der Waals surface area contributed by atoms with E-state index in [1.54, 1.807) is 19.2 Å². The Morgan fingerprint density at radius 1 is 1.10 bits per heavy atom. The van der Waals surface area contributed by atoms with E-state index in [9.17, 15) is 9.18 Å². The van der Waals surface area contributed by atoms with Crippen molar-refractivity contribution in [1.82, 2.24) is 5.32 Å². The van der Waals surface area contributed by atoms with Gasteiger partial charge in [0, 0.05) is 12.2 Å². The van der Waals surface area contributed by atoms with Crippen molar-refractivity contribution < 1.29 is 13.9 Å². The molecule has 0 fully saturated rings. The third-order valence-corrected chi connectivity index (χ3v) is 2.95. The molecule has 0 saturated carbocycles. The molecule has 0 aliphatic rings. The van der Waals surface area contributed by atoms with Crippen LogP contribution in [0.2, 0.25) is 0 Å². The first kappa shape index (κ1) is 14.8. The smallest absolute Gasteiger partial charge is 0.239 e. The Bertz CT molecular complexity index is 582. The number of carbonyl (C=O) groups excluding carboxylic acids is 1. The van der Waals surface area contributed by atoms with E-state index < -0.39 is 0 Å². The van der Waals surface area contributed by atoms with Gasteiger partial charge in [-0.05, 0) is 42.0 Å². The van der Waals surface area contributed by atoms with Crippen molar-refractivity contribution >= 4 is 11.6 Å². The highest BCUT2D eigenvalue weighted by Gasteiger charge is 2.02. The number of methoxy groups -OCH3 is 1. The molecule has 5 heteroatoms. The summed E-state index contributed by atoms with van der Waals surface area (Å²) in [7, 11) is 1.61. The maximum Gasteiger partial charge on any atom is 0.239 e. The largest absolute Gasteiger partial charge is 0.497 e. The van der Waals surface area contributed by atoms with Crippen molar-refractivity contribution in [3.05, 3.63) is 59.9 Å². The molecule has 0 aliphatic carbocycles. The molecule has 0 unspecified atom stereocenters. The third kappa shape index (κ3) is 4.80. The number of halogens is 1. The van der Waals surface area contributed by atoms with Crippen LogP contribution in [0.5, 0.6) is 5.75 Å². The molecular weight excluding hydrogens is 271 g/mol. The molecule has 2 aromatic rings. The minimum Gasteiger partial charge on any atom is -0.497 e. The lowest BCUT2D eigenvalue weighted by Crippen LogP contribution is -2.29. The SMILES string of the molecule is COc1ccc(CNC(=O)CNc2ccc(F)cc2)cc1. The van der Waals surface area contributed by atoms with Gasteiger partial charge in [0.25, 0.3) is 0 Å². The average molecular weight is 288 g/mol. The van der Waals surface area contributed by atoms with Crippen LogP contribution in [0.25, 0.3) is 0 Å². The first-order chi connectivity index (χ1) is 10.2. The summed E-state index contributed by atoms with van der Waals surface area (Å²) >= 11 is 0. The van der Waals surface area contributed by atoms with Gasteiger partial charge < -0.3 is 15.4 Å². The zero-order valence-electron chi connectivity index (χ0n) is 11.7. The van der Waals surface area contributed by atoms with Gasteiger partial charge in [-0.3, -0.25) is 4.79 Å². The number of anilines is 1. The minimum atomic E-state index is -0.301. The second-order valence-corrected chi connectivity index (χ2v) is 4.49. The van der Waals surface area contributed by atoms with Crippen molar-refractivity contribution in [2.24, 2.45) is 0 Å². The topological polar surface area (TPSA) is 50.4 Å². The first-order valence-corrected chi connectivity index (χ1v) is 6.56. The molecule has 0 saturated heterocycles. The van der Waals surface area contributed by atoms with E-state index >= 15 is 0 Å². The molecule has 0 aliphatic heterocycles. The number of rotatable bonds is 6. The maximum atomic E-state index is 12.7. The molecule has 0 atom stereocenters. The van der Waals surface area contributed by atoms with E-state index in [-0.39, 0.29) is 18.3 Å². The molecule has 0 heterocycles. The van der Waals surface area contributed by atoms with Crippen molar-refractivity contribution in [1.29, 1.82) is 0 Å². The van der Waals surface area contributed by atoms with Crippen molar-refractivity contribution in [2.75, 3.05) is 19.0 Å². The van der Waals surface area contributed by atoms with E-state index in [4.69, 9.17) is 4.74 Å². The molecule has 2 rings (SSSR count). The predicted octanol–water partition coefficient (Wildman–Crippen LogP) is 2.56. The average Bonchev–Trinajstić information content (AvgIpc) is 2.53. The molecule has 21 heavy (non-hydrogen) atoms. The third-order valence-electron chi connectivity index (χ3n) is 2.95. The fraction of sp³-hybridized carbons (Fsp3) is 0.188. The number of hydrogen-bond acceptors (Lipinski definition) is 3. The van der Waals surface area contributed by atoms with Gasteiger partial charge in [0.05, 0.1) is 13.7 Å². The van der Waals surface area contributed by atoms with Crippen molar-refractivity contribution in [3.63, 3.8) is 0 Å². The maximum absolute atomic E-state index is 12.7. The highest BCUT2D eigenvalue weighted by Crippen LogP contribution is 2.11. The zero-order chi connectivity index (χ0) is 15.1. The monoisotopic (exact) mass is 288 g/mol. The van der Waals surface area contributed by atoms with Crippen LogP contribution < -0.4 is 15.4 Å².